The van der Waals surface area contributed by atoms with Crippen molar-refractivity contribution in [1.82, 2.24) is 15.1 Å². The molecule has 2 aromatic heterocycles. The van der Waals surface area contributed by atoms with Gasteiger partial charge in [-0.2, -0.15) is 4.98 Å². The monoisotopic (exact) mass is 293 g/mol. The van der Waals surface area contributed by atoms with Gasteiger partial charge >= 0.3 is 5.97 Å². The van der Waals surface area contributed by atoms with Crippen LogP contribution >= 0.6 is 11.8 Å². The van der Waals surface area contributed by atoms with Gasteiger partial charge in [-0.15, -0.1) is 0 Å². The van der Waals surface area contributed by atoms with Crippen LogP contribution in [0, 0.1) is 5.92 Å². The molecule has 0 spiro atoms. The highest BCUT2D eigenvalue weighted by molar-refractivity contribution is 7.98. The van der Waals surface area contributed by atoms with E-state index in [1.54, 1.807) is 6.07 Å². The molecule has 2 rings (SSSR count). The van der Waals surface area contributed by atoms with Gasteiger partial charge in [-0.1, -0.05) is 30.8 Å². The number of carbonyl (C=O) groups is 1. The Morgan fingerprint density at radius 3 is 2.85 bits per heavy atom. The van der Waals surface area contributed by atoms with Gasteiger partial charge in [0, 0.05) is 12.6 Å². The minimum absolute atomic E-state index is 0.173. The highest BCUT2D eigenvalue weighted by Crippen LogP contribution is 2.20. The van der Waals surface area contributed by atoms with Crippen LogP contribution in [0.4, 0.5) is 0 Å². The highest BCUT2D eigenvalue weighted by atomic mass is 32.2. The van der Waals surface area contributed by atoms with Gasteiger partial charge in [-0.05, 0) is 18.1 Å². The standard InChI is InChI=1S/C13H15N3O3S/c1-8(2)5-10-15-11(19-16-10)7-20-12-4-3-9(6-14-12)13(17)18/h3-4,6,8H,5,7H2,1-2H3,(H,17,18). The average Bonchev–Trinajstić information content (AvgIpc) is 2.83. The first kappa shape index (κ1) is 14.5. The van der Waals surface area contributed by atoms with Crippen LogP contribution in [0.5, 0.6) is 0 Å². The minimum atomic E-state index is -0.982. The van der Waals surface area contributed by atoms with Crippen LogP contribution in [-0.4, -0.2) is 26.2 Å². The van der Waals surface area contributed by atoms with Crippen LogP contribution in [0.15, 0.2) is 27.9 Å². The Labute approximate surface area is 120 Å². The molecule has 0 atom stereocenters. The number of nitrogens with zero attached hydrogens (tertiary/aromatic N) is 3. The lowest BCUT2D eigenvalue weighted by Gasteiger charge is -1.98. The van der Waals surface area contributed by atoms with Gasteiger partial charge in [-0.25, -0.2) is 9.78 Å². The lowest BCUT2D eigenvalue weighted by atomic mass is 10.1. The van der Waals surface area contributed by atoms with Crippen molar-refractivity contribution >= 4 is 17.7 Å². The lowest BCUT2D eigenvalue weighted by Crippen LogP contribution is -1.97. The van der Waals surface area contributed by atoms with Crippen molar-refractivity contribution < 1.29 is 14.4 Å². The Morgan fingerprint density at radius 1 is 1.45 bits per heavy atom. The molecule has 0 saturated heterocycles. The maximum Gasteiger partial charge on any atom is 0.337 e. The third-order valence-corrected chi connectivity index (χ3v) is 3.36. The summed E-state index contributed by atoms with van der Waals surface area (Å²) in [7, 11) is 0. The molecule has 0 aromatic carbocycles. The summed E-state index contributed by atoms with van der Waals surface area (Å²) >= 11 is 1.43. The molecule has 0 aliphatic carbocycles. The van der Waals surface area contributed by atoms with E-state index in [9.17, 15) is 4.79 Å². The van der Waals surface area contributed by atoms with Crippen LogP contribution in [-0.2, 0) is 12.2 Å². The van der Waals surface area contributed by atoms with Gasteiger partial charge in [-0.3, -0.25) is 0 Å². The molecule has 2 aromatic rings. The van der Waals surface area contributed by atoms with Crippen LogP contribution in [0.2, 0.25) is 0 Å². The Hall–Kier alpha value is -1.89. The highest BCUT2D eigenvalue weighted by Gasteiger charge is 2.09. The summed E-state index contributed by atoms with van der Waals surface area (Å²) in [5.41, 5.74) is 0.173. The Bertz CT molecular complexity index is 581. The molecule has 20 heavy (non-hydrogen) atoms. The van der Waals surface area contributed by atoms with E-state index in [1.807, 2.05) is 0 Å². The summed E-state index contributed by atoms with van der Waals surface area (Å²) in [4.78, 5) is 19.1. The fourth-order valence-electron chi connectivity index (χ4n) is 1.52. The van der Waals surface area contributed by atoms with Crippen molar-refractivity contribution in [1.29, 1.82) is 0 Å². The summed E-state index contributed by atoms with van der Waals surface area (Å²) in [6, 6.07) is 3.19. The van der Waals surface area contributed by atoms with Crippen molar-refractivity contribution in [3.05, 3.63) is 35.6 Å². The van der Waals surface area contributed by atoms with Gasteiger partial charge in [0.25, 0.3) is 0 Å². The van der Waals surface area contributed by atoms with Crippen LogP contribution in [0.3, 0.4) is 0 Å². The summed E-state index contributed by atoms with van der Waals surface area (Å²) < 4.78 is 5.15. The molecule has 0 bridgehead atoms. The Morgan fingerprint density at radius 2 is 2.25 bits per heavy atom. The fourth-order valence-corrected chi connectivity index (χ4v) is 2.20. The molecule has 6 nitrogen and oxygen atoms in total. The predicted molar refractivity (Wildman–Crippen MR) is 73.6 cm³/mol. The van der Waals surface area contributed by atoms with E-state index in [-0.39, 0.29) is 5.56 Å². The number of carboxylic acid groups (broad SMARTS) is 1. The molecular weight excluding hydrogens is 278 g/mol. The first-order valence-electron chi connectivity index (χ1n) is 6.18. The van der Waals surface area contributed by atoms with Gasteiger partial charge in [0.05, 0.1) is 16.3 Å². The van der Waals surface area contributed by atoms with Gasteiger partial charge in [0.2, 0.25) is 5.89 Å². The number of hydrogen-bond acceptors (Lipinski definition) is 6. The Kier molecular flexibility index (Phi) is 4.73. The number of carboxylic acids is 1. The van der Waals surface area contributed by atoms with Crippen LogP contribution in [0.25, 0.3) is 0 Å². The van der Waals surface area contributed by atoms with Gasteiger partial charge in [0.1, 0.15) is 0 Å². The molecule has 1 N–H and O–H groups in total. The van der Waals surface area contributed by atoms with Crippen molar-refractivity contribution in [2.45, 2.75) is 31.0 Å². The average molecular weight is 293 g/mol. The quantitative estimate of drug-likeness (QED) is 0.819. The number of rotatable bonds is 6. The minimum Gasteiger partial charge on any atom is -0.478 e. The molecular formula is C13H15N3O3S. The van der Waals surface area contributed by atoms with Gasteiger partial charge < -0.3 is 9.63 Å². The first-order valence-corrected chi connectivity index (χ1v) is 7.16. The van der Waals surface area contributed by atoms with Gasteiger partial charge in [0.15, 0.2) is 5.82 Å². The molecule has 0 radical (unpaired) electrons. The number of hydrogen-bond donors (Lipinski definition) is 1. The second kappa shape index (κ2) is 6.51. The summed E-state index contributed by atoms with van der Waals surface area (Å²) in [5.74, 6) is 1.28. The lowest BCUT2D eigenvalue weighted by molar-refractivity contribution is 0.0696. The third-order valence-electron chi connectivity index (χ3n) is 2.43. The van der Waals surface area contributed by atoms with E-state index in [4.69, 9.17) is 9.63 Å². The van der Waals surface area contributed by atoms with Crippen molar-refractivity contribution in [3.63, 3.8) is 0 Å². The number of pyridine rings is 1. The van der Waals surface area contributed by atoms with E-state index < -0.39 is 5.97 Å². The zero-order valence-corrected chi connectivity index (χ0v) is 12.1. The summed E-state index contributed by atoms with van der Waals surface area (Å²) in [6.45, 7) is 4.19. The molecule has 2 heterocycles. The zero-order valence-electron chi connectivity index (χ0n) is 11.2. The van der Waals surface area contributed by atoms with E-state index >= 15 is 0 Å². The number of aromatic carboxylic acids is 1. The predicted octanol–water partition coefficient (Wildman–Crippen LogP) is 2.65. The number of thioether (sulfide) groups is 1. The topological polar surface area (TPSA) is 89.1 Å². The maximum absolute atomic E-state index is 10.7. The third kappa shape index (κ3) is 4.06. The summed E-state index contributed by atoms with van der Waals surface area (Å²) in [6.07, 6.45) is 2.13. The van der Waals surface area contributed by atoms with Crippen molar-refractivity contribution in [3.8, 4) is 0 Å². The molecule has 0 fully saturated rings. The van der Waals surface area contributed by atoms with Crippen molar-refractivity contribution in [2.75, 3.05) is 0 Å². The first-order chi connectivity index (χ1) is 9.54. The second-order valence-electron chi connectivity index (χ2n) is 4.68. The molecule has 0 saturated carbocycles. The SMILES string of the molecule is CC(C)Cc1noc(CSc2ccc(C(=O)O)cn2)n1. The van der Waals surface area contributed by atoms with E-state index in [1.165, 1.54) is 24.0 Å². The van der Waals surface area contributed by atoms with Crippen molar-refractivity contribution in [2.24, 2.45) is 5.92 Å². The van der Waals surface area contributed by atoms with E-state index in [0.29, 0.717) is 23.4 Å². The molecule has 0 amide bonds. The normalized spacial score (nSPS) is 10.9. The zero-order chi connectivity index (χ0) is 14.5. The smallest absolute Gasteiger partial charge is 0.337 e. The molecule has 0 unspecified atom stereocenters. The maximum atomic E-state index is 10.7. The Balaban J connectivity index is 1.91. The van der Waals surface area contributed by atoms with E-state index in [2.05, 4.69) is 29.0 Å². The summed E-state index contributed by atoms with van der Waals surface area (Å²) in [5, 5.41) is 13.4. The number of aromatic nitrogens is 3. The molecule has 0 aliphatic rings. The second-order valence-corrected chi connectivity index (χ2v) is 5.68. The van der Waals surface area contributed by atoms with E-state index in [0.717, 1.165) is 11.4 Å². The largest absolute Gasteiger partial charge is 0.478 e. The van der Waals surface area contributed by atoms with Crippen LogP contribution in [0.1, 0.15) is 35.9 Å². The molecule has 7 heteroatoms. The van der Waals surface area contributed by atoms with Crippen LogP contribution < -0.4 is 0 Å². The fraction of sp³-hybridized carbons (Fsp3) is 0.385. The molecule has 106 valence electrons. The molecule has 0 aliphatic heterocycles.